The van der Waals surface area contributed by atoms with Gasteiger partial charge in [-0.2, -0.15) is 11.8 Å². The fraction of sp³-hybridized carbons (Fsp3) is 0.538. The molecule has 0 aliphatic carbocycles. The van der Waals surface area contributed by atoms with Crippen LogP contribution in [0.2, 0.25) is 0 Å². The first-order valence-electron chi connectivity index (χ1n) is 5.68. The highest BCUT2D eigenvalue weighted by Gasteiger charge is 2.03. The van der Waals surface area contributed by atoms with E-state index in [9.17, 15) is 0 Å². The molecule has 0 amide bonds. The van der Waals surface area contributed by atoms with Gasteiger partial charge in [-0.3, -0.25) is 0 Å². The first kappa shape index (κ1) is 13.4. The quantitative estimate of drug-likeness (QED) is 0.739. The van der Waals surface area contributed by atoms with Crippen molar-refractivity contribution < 1.29 is 4.74 Å². The molecule has 3 heteroatoms. The summed E-state index contributed by atoms with van der Waals surface area (Å²) in [6.07, 6.45) is 2.35. The maximum absolute atomic E-state index is 5.76. The van der Waals surface area contributed by atoms with Crippen molar-refractivity contribution in [1.82, 2.24) is 5.32 Å². The third-order valence-corrected chi connectivity index (χ3v) is 2.75. The van der Waals surface area contributed by atoms with Crippen LogP contribution in [0.3, 0.4) is 0 Å². The normalized spacial score (nSPS) is 10.8. The smallest absolute Gasteiger partial charge is 0.124 e. The maximum Gasteiger partial charge on any atom is 0.124 e. The van der Waals surface area contributed by atoms with Crippen LogP contribution in [0.15, 0.2) is 24.3 Å². The van der Waals surface area contributed by atoms with E-state index < -0.39 is 0 Å². The molecule has 1 aromatic rings. The van der Waals surface area contributed by atoms with Gasteiger partial charge in [0.05, 0.1) is 6.10 Å². The Morgan fingerprint density at radius 1 is 1.31 bits per heavy atom. The second-order valence-corrected chi connectivity index (χ2v) is 4.93. The molecule has 1 rings (SSSR count). The van der Waals surface area contributed by atoms with Crippen molar-refractivity contribution in [3.63, 3.8) is 0 Å². The predicted molar refractivity (Wildman–Crippen MR) is 72.3 cm³/mol. The highest BCUT2D eigenvalue weighted by atomic mass is 32.2. The standard InChI is InChI=1S/C13H21NOS/c1-11(2)15-13-7-5-4-6-12(13)10-14-8-9-16-3/h4-7,11,14H,8-10H2,1-3H3. The van der Waals surface area contributed by atoms with Crippen LogP contribution in [0.5, 0.6) is 5.75 Å². The highest BCUT2D eigenvalue weighted by Crippen LogP contribution is 2.18. The van der Waals surface area contributed by atoms with Crippen molar-refractivity contribution in [2.75, 3.05) is 18.6 Å². The minimum atomic E-state index is 0.229. The van der Waals surface area contributed by atoms with E-state index in [1.165, 1.54) is 5.56 Å². The Hall–Kier alpha value is -0.670. The molecule has 0 aromatic heterocycles. The zero-order valence-corrected chi connectivity index (χ0v) is 11.1. The highest BCUT2D eigenvalue weighted by molar-refractivity contribution is 7.98. The average Bonchev–Trinajstić information content (AvgIpc) is 2.26. The van der Waals surface area contributed by atoms with Crippen LogP contribution in [0.25, 0.3) is 0 Å². The monoisotopic (exact) mass is 239 g/mol. The summed E-state index contributed by atoms with van der Waals surface area (Å²) in [6.45, 7) is 6.02. The molecule has 0 unspecified atom stereocenters. The van der Waals surface area contributed by atoms with Crippen molar-refractivity contribution in [2.45, 2.75) is 26.5 Å². The SMILES string of the molecule is CSCCNCc1ccccc1OC(C)C. The van der Waals surface area contributed by atoms with Gasteiger partial charge in [0.25, 0.3) is 0 Å². The number of para-hydroxylation sites is 1. The first-order valence-corrected chi connectivity index (χ1v) is 7.07. The zero-order valence-electron chi connectivity index (χ0n) is 10.3. The fourth-order valence-electron chi connectivity index (χ4n) is 1.42. The van der Waals surface area contributed by atoms with E-state index >= 15 is 0 Å². The van der Waals surface area contributed by atoms with Crippen LogP contribution < -0.4 is 10.1 Å². The number of rotatable bonds is 7. The van der Waals surface area contributed by atoms with Gasteiger partial charge in [0, 0.05) is 24.4 Å². The van der Waals surface area contributed by atoms with Gasteiger partial charge in [-0.15, -0.1) is 0 Å². The molecule has 2 nitrogen and oxygen atoms in total. The summed E-state index contributed by atoms with van der Waals surface area (Å²) >= 11 is 1.86. The average molecular weight is 239 g/mol. The third-order valence-electron chi connectivity index (χ3n) is 2.13. The Kier molecular flexibility index (Phi) is 6.34. The van der Waals surface area contributed by atoms with Gasteiger partial charge in [-0.05, 0) is 26.2 Å². The molecule has 0 saturated heterocycles. The molecule has 0 radical (unpaired) electrons. The van der Waals surface area contributed by atoms with Crippen molar-refractivity contribution in [2.24, 2.45) is 0 Å². The lowest BCUT2D eigenvalue weighted by molar-refractivity contribution is 0.239. The van der Waals surface area contributed by atoms with Gasteiger partial charge in [0.2, 0.25) is 0 Å². The van der Waals surface area contributed by atoms with Crippen molar-refractivity contribution >= 4 is 11.8 Å². The summed E-state index contributed by atoms with van der Waals surface area (Å²) in [4.78, 5) is 0. The molecule has 16 heavy (non-hydrogen) atoms. The van der Waals surface area contributed by atoms with E-state index in [0.29, 0.717) is 0 Å². The molecular weight excluding hydrogens is 218 g/mol. The molecule has 1 aromatic carbocycles. The number of hydrogen-bond acceptors (Lipinski definition) is 3. The van der Waals surface area contributed by atoms with Gasteiger partial charge in [0.15, 0.2) is 0 Å². The largest absolute Gasteiger partial charge is 0.491 e. The van der Waals surface area contributed by atoms with Crippen molar-refractivity contribution in [3.05, 3.63) is 29.8 Å². The van der Waals surface area contributed by atoms with Crippen LogP contribution in [0.1, 0.15) is 19.4 Å². The Morgan fingerprint density at radius 2 is 2.06 bits per heavy atom. The van der Waals surface area contributed by atoms with Gasteiger partial charge >= 0.3 is 0 Å². The van der Waals surface area contributed by atoms with Crippen LogP contribution >= 0.6 is 11.8 Å². The van der Waals surface area contributed by atoms with Crippen LogP contribution in [0, 0.1) is 0 Å². The molecule has 1 N–H and O–H groups in total. The van der Waals surface area contributed by atoms with E-state index in [-0.39, 0.29) is 6.10 Å². The molecule has 0 aliphatic rings. The molecular formula is C13H21NOS. The second-order valence-electron chi connectivity index (χ2n) is 3.94. The lowest BCUT2D eigenvalue weighted by Gasteiger charge is -2.14. The zero-order chi connectivity index (χ0) is 11.8. The van der Waals surface area contributed by atoms with Gasteiger partial charge in [0.1, 0.15) is 5.75 Å². The lowest BCUT2D eigenvalue weighted by Crippen LogP contribution is -2.17. The Morgan fingerprint density at radius 3 is 2.75 bits per heavy atom. The molecule has 0 saturated carbocycles. The number of thioether (sulfide) groups is 1. The summed E-state index contributed by atoms with van der Waals surface area (Å²) < 4.78 is 5.76. The molecule has 0 fully saturated rings. The van der Waals surface area contributed by atoms with Gasteiger partial charge < -0.3 is 10.1 Å². The summed E-state index contributed by atoms with van der Waals surface area (Å²) in [6, 6.07) is 8.22. The number of hydrogen-bond donors (Lipinski definition) is 1. The summed E-state index contributed by atoms with van der Waals surface area (Å²) in [7, 11) is 0. The molecule has 0 bridgehead atoms. The van der Waals surface area contributed by atoms with Crippen molar-refractivity contribution in [1.29, 1.82) is 0 Å². The van der Waals surface area contributed by atoms with Crippen LogP contribution in [-0.4, -0.2) is 24.7 Å². The summed E-state index contributed by atoms with van der Waals surface area (Å²) in [5, 5.41) is 3.42. The molecule has 0 spiro atoms. The predicted octanol–water partition coefficient (Wildman–Crippen LogP) is 2.93. The third kappa shape index (κ3) is 4.90. The van der Waals surface area contributed by atoms with E-state index in [1.54, 1.807) is 0 Å². The molecule has 0 atom stereocenters. The Labute approximate surface area is 103 Å². The van der Waals surface area contributed by atoms with Crippen LogP contribution in [-0.2, 0) is 6.54 Å². The topological polar surface area (TPSA) is 21.3 Å². The van der Waals surface area contributed by atoms with Gasteiger partial charge in [-0.1, -0.05) is 18.2 Å². The van der Waals surface area contributed by atoms with E-state index in [4.69, 9.17) is 4.74 Å². The maximum atomic E-state index is 5.76. The minimum absolute atomic E-state index is 0.229. The number of ether oxygens (including phenoxy) is 1. The summed E-state index contributed by atoms with van der Waals surface area (Å²) in [5.41, 5.74) is 1.23. The Balaban J connectivity index is 2.50. The minimum Gasteiger partial charge on any atom is -0.491 e. The molecule has 0 heterocycles. The first-order chi connectivity index (χ1) is 7.74. The second kappa shape index (κ2) is 7.58. The van der Waals surface area contributed by atoms with E-state index in [2.05, 4.69) is 37.6 Å². The van der Waals surface area contributed by atoms with E-state index in [0.717, 1.165) is 24.6 Å². The fourth-order valence-corrected chi connectivity index (χ4v) is 1.76. The van der Waals surface area contributed by atoms with Crippen molar-refractivity contribution in [3.8, 4) is 5.75 Å². The molecule has 90 valence electrons. The van der Waals surface area contributed by atoms with E-state index in [1.807, 2.05) is 23.9 Å². The van der Waals surface area contributed by atoms with Crippen LogP contribution in [0.4, 0.5) is 0 Å². The molecule has 0 aliphatic heterocycles. The summed E-state index contributed by atoms with van der Waals surface area (Å²) in [5.74, 6) is 2.14. The lowest BCUT2D eigenvalue weighted by atomic mass is 10.2. The number of benzene rings is 1. The van der Waals surface area contributed by atoms with Gasteiger partial charge in [-0.25, -0.2) is 0 Å². The Bertz CT molecular complexity index is 302. The number of nitrogens with one attached hydrogen (secondary N) is 1.